The number of likely N-dealkylation sites (N-methyl/N-ethyl adjacent to an activating group) is 1. The van der Waals surface area contributed by atoms with Crippen LogP contribution < -0.4 is 5.43 Å². The molecule has 2 aromatic rings. The molecular weight excluding hydrogens is 335 g/mol. The lowest BCUT2D eigenvalue weighted by Crippen LogP contribution is -2.41. The molecule has 2 rings (SSSR count). The predicted octanol–water partition coefficient (Wildman–Crippen LogP) is 2.55. The molecule has 138 valence electrons. The fourth-order valence-electron chi connectivity index (χ4n) is 2.78. The molecule has 0 spiro atoms. The van der Waals surface area contributed by atoms with Gasteiger partial charge in [-0.2, -0.15) is 5.10 Å². The number of hydrogen-bond acceptors (Lipinski definition) is 3. The first kappa shape index (κ1) is 19.4. The zero-order chi connectivity index (χ0) is 19.3. The predicted molar refractivity (Wildman–Crippen MR) is 98.9 cm³/mol. The third kappa shape index (κ3) is 3.99. The third-order valence-electron chi connectivity index (χ3n) is 4.18. The molecule has 1 heterocycles. The summed E-state index contributed by atoms with van der Waals surface area (Å²) < 4.78 is 15.9. The summed E-state index contributed by atoms with van der Waals surface area (Å²) in [6.45, 7) is 8.21. The second kappa shape index (κ2) is 8.42. The molecular formula is C19H23FN4O2. The van der Waals surface area contributed by atoms with Gasteiger partial charge in [-0.25, -0.2) is 9.82 Å². The van der Waals surface area contributed by atoms with Crippen LogP contribution in [-0.4, -0.2) is 40.6 Å². The molecule has 0 saturated carbocycles. The van der Waals surface area contributed by atoms with E-state index in [1.54, 1.807) is 36.6 Å². The summed E-state index contributed by atoms with van der Waals surface area (Å²) in [5.74, 6) is -1.73. The van der Waals surface area contributed by atoms with Gasteiger partial charge in [0.05, 0.1) is 11.9 Å². The molecule has 1 aromatic heterocycles. The number of carbonyl (C=O) groups excluding carboxylic acids is 2. The number of nitrogens with zero attached hydrogens (tertiary/aromatic N) is 3. The van der Waals surface area contributed by atoms with Gasteiger partial charge >= 0.3 is 11.8 Å². The lowest BCUT2D eigenvalue weighted by Gasteiger charge is -2.16. The summed E-state index contributed by atoms with van der Waals surface area (Å²) in [6.07, 6.45) is 1.45. The Bertz CT molecular complexity index is 838. The van der Waals surface area contributed by atoms with E-state index < -0.39 is 11.8 Å². The van der Waals surface area contributed by atoms with E-state index in [9.17, 15) is 14.0 Å². The Hall–Kier alpha value is -2.96. The van der Waals surface area contributed by atoms with E-state index >= 15 is 0 Å². The Morgan fingerprint density at radius 2 is 1.88 bits per heavy atom. The zero-order valence-corrected chi connectivity index (χ0v) is 15.4. The van der Waals surface area contributed by atoms with Crippen molar-refractivity contribution in [1.29, 1.82) is 0 Å². The molecule has 1 aromatic carbocycles. The number of carbonyl (C=O) groups is 2. The van der Waals surface area contributed by atoms with Gasteiger partial charge in [-0.3, -0.25) is 9.59 Å². The van der Waals surface area contributed by atoms with E-state index in [1.807, 2.05) is 19.9 Å². The molecule has 6 nitrogen and oxygen atoms in total. The molecule has 0 saturated heterocycles. The first-order chi connectivity index (χ1) is 12.4. The number of benzene rings is 1. The van der Waals surface area contributed by atoms with Crippen LogP contribution >= 0.6 is 0 Å². The first-order valence-corrected chi connectivity index (χ1v) is 8.46. The standard InChI is InChI=1S/C19H23FN4O2/c1-5-23(6-2)19(26)18(25)22-21-12-15-11-13(3)24(14(15)4)17-10-8-7-9-16(17)20/h7-12H,5-6H2,1-4H3,(H,22,25)/b21-12-. The van der Waals surface area contributed by atoms with Gasteiger partial charge in [0, 0.05) is 30.0 Å². The number of rotatable bonds is 5. The monoisotopic (exact) mass is 358 g/mol. The number of amides is 2. The fraction of sp³-hybridized carbons (Fsp3) is 0.316. The summed E-state index contributed by atoms with van der Waals surface area (Å²) in [5.41, 5.74) is 5.03. The van der Waals surface area contributed by atoms with Crippen molar-refractivity contribution >= 4 is 18.0 Å². The Balaban J connectivity index is 2.18. The van der Waals surface area contributed by atoms with Gasteiger partial charge in [0.25, 0.3) is 0 Å². The van der Waals surface area contributed by atoms with Gasteiger partial charge in [-0.1, -0.05) is 12.1 Å². The van der Waals surface area contributed by atoms with Crippen molar-refractivity contribution in [2.75, 3.05) is 13.1 Å². The molecule has 1 N–H and O–H groups in total. The third-order valence-corrected chi connectivity index (χ3v) is 4.18. The molecule has 2 amide bonds. The number of halogens is 1. The average molecular weight is 358 g/mol. The van der Waals surface area contributed by atoms with Gasteiger partial charge in [-0.15, -0.1) is 0 Å². The molecule has 0 atom stereocenters. The van der Waals surface area contributed by atoms with Crippen LogP contribution in [0.3, 0.4) is 0 Å². The fourth-order valence-corrected chi connectivity index (χ4v) is 2.78. The smallest absolute Gasteiger partial charge is 0.329 e. The van der Waals surface area contributed by atoms with Crippen molar-refractivity contribution in [1.82, 2.24) is 14.9 Å². The van der Waals surface area contributed by atoms with Gasteiger partial charge in [0.2, 0.25) is 0 Å². The van der Waals surface area contributed by atoms with Gasteiger partial charge in [-0.05, 0) is 45.9 Å². The summed E-state index contributed by atoms with van der Waals surface area (Å²) in [4.78, 5) is 25.1. The van der Waals surface area contributed by atoms with Crippen molar-refractivity contribution in [3.8, 4) is 5.69 Å². The number of aromatic nitrogens is 1. The molecule has 0 aliphatic carbocycles. The van der Waals surface area contributed by atoms with Crippen LogP contribution in [0.2, 0.25) is 0 Å². The van der Waals surface area contributed by atoms with Crippen molar-refractivity contribution in [3.05, 3.63) is 53.1 Å². The summed E-state index contributed by atoms with van der Waals surface area (Å²) >= 11 is 0. The highest BCUT2D eigenvalue weighted by atomic mass is 19.1. The molecule has 7 heteroatoms. The molecule has 0 aliphatic rings. The summed E-state index contributed by atoms with van der Waals surface area (Å²) in [7, 11) is 0. The number of aryl methyl sites for hydroxylation is 1. The highest BCUT2D eigenvalue weighted by molar-refractivity contribution is 6.34. The van der Waals surface area contributed by atoms with Crippen LogP contribution in [0.5, 0.6) is 0 Å². The van der Waals surface area contributed by atoms with E-state index in [1.165, 1.54) is 17.2 Å². The van der Waals surface area contributed by atoms with Gasteiger partial charge in [0.1, 0.15) is 5.82 Å². The number of hydrogen-bond donors (Lipinski definition) is 1. The van der Waals surface area contributed by atoms with E-state index in [2.05, 4.69) is 10.5 Å². The van der Waals surface area contributed by atoms with Crippen molar-refractivity contribution in [3.63, 3.8) is 0 Å². The Kier molecular flexibility index (Phi) is 6.27. The molecule has 0 fully saturated rings. The summed E-state index contributed by atoms with van der Waals surface area (Å²) in [6, 6.07) is 8.34. The van der Waals surface area contributed by atoms with Crippen molar-refractivity contribution in [2.45, 2.75) is 27.7 Å². The highest BCUT2D eigenvalue weighted by Crippen LogP contribution is 2.21. The van der Waals surface area contributed by atoms with E-state index in [0.717, 1.165) is 17.0 Å². The van der Waals surface area contributed by atoms with Crippen molar-refractivity contribution in [2.24, 2.45) is 5.10 Å². The summed E-state index contributed by atoms with van der Waals surface area (Å²) in [5, 5.41) is 3.87. The molecule has 0 unspecified atom stereocenters. The van der Waals surface area contributed by atoms with Crippen LogP contribution in [0.25, 0.3) is 5.69 Å². The van der Waals surface area contributed by atoms with E-state index in [0.29, 0.717) is 18.8 Å². The highest BCUT2D eigenvalue weighted by Gasteiger charge is 2.18. The Morgan fingerprint density at radius 1 is 1.23 bits per heavy atom. The van der Waals surface area contributed by atoms with Crippen LogP contribution in [0.4, 0.5) is 4.39 Å². The molecule has 26 heavy (non-hydrogen) atoms. The van der Waals surface area contributed by atoms with Gasteiger partial charge in [0.15, 0.2) is 0 Å². The van der Waals surface area contributed by atoms with Gasteiger partial charge < -0.3 is 9.47 Å². The number of nitrogens with one attached hydrogen (secondary N) is 1. The topological polar surface area (TPSA) is 66.7 Å². The molecule has 0 aliphatic heterocycles. The van der Waals surface area contributed by atoms with Crippen LogP contribution in [0.15, 0.2) is 35.4 Å². The maximum Gasteiger partial charge on any atom is 0.329 e. The minimum absolute atomic E-state index is 0.323. The SMILES string of the molecule is CCN(CC)C(=O)C(=O)N/N=C\c1cc(C)n(-c2ccccc2F)c1C. The van der Waals surface area contributed by atoms with E-state index in [4.69, 9.17) is 0 Å². The minimum Gasteiger partial charge on any atom is -0.335 e. The van der Waals surface area contributed by atoms with Crippen molar-refractivity contribution < 1.29 is 14.0 Å². The Morgan fingerprint density at radius 3 is 2.50 bits per heavy atom. The second-order valence-electron chi connectivity index (χ2n) is 5.79. The number of para-hydroxylation sites is 1. The van der Waals surface area contributed by atoms with Crippen LogP contribution in [0.1, 0.15) is 30.8 Å². The average Bonchev–Trinajstić information content (AvgIpc) is 2.90. The second-order valence-corrected chi connectivity index (χ2v) is 5.79. The lowest BCUT2D eigenvalue weighted by atomic mass is 10.2. The largest absolute Gasteiger partial charge is 0.335 e. The molecule has 0 bridgehead atoms. The maximum atomic E-state index is 14.1. The zero-order valence-electron chi connectivity index (χ0n) is 15.4. The van der Waals surface area contributed by atoms with Crippen LogP contribution in [0, 0.1) is 19.7 Å². The normalized spacial score (nSPS) is 11.0. The minimum atomic E-state index is -0.784. The number of hydrazone groups is 1. The first-order valence-electron chi connectivity index (χ1n) is 8.46. The maximum absolute atomic E-state index is 14.1. The molecule has 0 radical (unpaired) electrons. The Labute approximate surface area is 152 Å². The lowest BCUT2D eigenvalue weighted by molar-refractivity contribution is -0.145. The van der Waals surface area contributed by atoms with E-state index in [-0.39, 0.29) is 5.82 Å². The quantitative estimate of drug-likeness (QED) is 0.507. The van der Waals surface area contributed by atoms with Crippen LogP contribution in [-0.2, 0) is 9.59 Å².